The van der Waals surface area contributed by atoms with Crippen molar-refractivity contribution in [1.82, 2.24) is 34.3 Å². The zero-order valence-corrected chi connectivity index (χ0v) is 15.3. The number of hydrogen-bond acceptors (Lipinski definition) is 7. The molecule has 10 nitrogen and oxygen atoms in total. The average Bonchev–Trinajstić information content (AvgIpc) is 3.31. The summed E-state index contributed by atoms with van der Waals surface area (Å²) in [5.74, 6) is 1.14. The Morgan fingerprint density at radius 1 is 1.19 bits per heavy atom. The zero-order chi connectivity index (χ0) is 18.6. The van der Waals surface area contributed by atoms with Gasteiger partial charge < -0.3 is 9.88 Å². The molecule has 0 aliphatic carbocycles. The van der Waals surface area contributed by atoms with E-state index in [9.17, 15) is 8.42 Å². The first-order chi connectivity index (χ1) is 12.5. The number of nitrogens with one attached hydrogen (secondary N) is 2. The lowest BCUT2D eigenvalue weighted by Crippen LogP contribution is -2.29. The lowest BCUT2D eigenvalue weighted by molar-refractivity contribution is 0.577. The van der Waals surface area contributed by atoms with Gasteiger partial charge in [-0.25, -0.2) is 22.8 Å². The van der Waals surface area contributed by atoms with E-state index in [1.54, 1.807) is 39.8 Å². The van der Waals surface area contributed by atoms with E-state index in [1.807, 2.05) is 13.8 Å². The van der Waals surface area contributed by atoms with Crippen molar-refractivity contribution in [2.45, 2.75) is 24.9 Å². The van der Waals surface area contributed by atoms with Gasteiger partial charge in [0.1, 0.15) is 5.82 Å². The molecule has 3 heterocycles. The first-order valence-electron chi connectivity index (χ1n) is 8.06. The molecule has 3 aromatic rings. The standard InChI is InChI=1S/C15H20N8O2S/c1-12(2)22-10-15(17-11-22)26(24,25)19-8-7-16-13-4-5-14(21-20-13)23-9-3-6-18-23/h3-6,9-12,19H,7-8H2,1-2H3,(H,16,20). The van der Waals surface area contributed by atoms with Crippen LogP contribution in [0.5, 0.6) is 0 Å². The molecule has 0 aliphatic heterocycles. The summed E-state index contributed by atoms with van der Waals surface area (Å²) < 4.78 is 30.2. The second kappa shape index (κ2) is 7.62. The maximum Gasteiger partial charge on any atom is 0.259 e. The average molecular weight is 376 g/mol. The topological polar surface area (TPSA) is 120 Å². The highest BCUT2D eigenvalue weighted by Gasteiger charge is 2.17. The van der Waals surface area contributed by atoms with Gasteiger partial charge in [0, 0.05) is 37.7 Å². The van der Waals surface area contributed by atoms with E-state index in [2.05, 4.69) is 30.3 Å². The van der Waals surface area contributed by atoms with Crippen molar-refractivity contribution in [2.75, 3.05) is 18.4 Å². The maximum atomic E-state index is 12.2. The van der Waals surface area contributed by atoms with E-state index < -0.39 is 10.0 Å². The molecule has 0 saturated heterocycles. The highest BCUT2D eigenvalue weighted by molar-refractivity contribution is 7.89. The molecule has 138 valence electrons. The summed E-state index contributed by atoms with van der Waals surface area (Å²) in [4.78, 5) is 3.94. The van der Waals surface area contributed by atoms with Crippen molar-refractivity contribution in [3.8, 4) is 5.82 Å². The fraction of sp³-hybridized carbons (Fsp3) is 0.333. The minimum atomic E-state index is -3.63. The predicted octanol–water partition coefficient (Wildman–Crippen LogP) is 0.830. The Morgan fingerprint density at radius 3 is 2.65 bits per heavy atom. The summed E-state index contributed by atoms with van der Waals surface area (Å²) in [7, 11) is -3.63. The fourth-order valence-electron chi connectivity index (χ4n) is 2.13. The van der Waals surface area contributed by atoms with Crippen LogP contribution in [0.1, 0.15) is 19.9 Å². The second-order valence-electron chi connectivity index (χ2n) is 5.80. The third-order valence-electron chi connectivity index (χ3n) is 3.56. The number of anilines is 1. The first kappa shape index (κ1) is 18.0. The monoisotopic (exact) mass is 376 g/mol. The fourth-order valence-corrected chi connectivity index (χ4v) is 3.10. The number of sulfonamides is 1. The summed E-state index contributed by atoms with van der Waals surface area (Å²) in [5, 5.41) is 15.2. The number of nitrogens with zero attached hydrogens (tertiary/aromatic N) is 6. The van der Waals surface area contributed by atoms with E-state index in [0.717, 1.165) is 0 Å². The van der Waals surface area contributed by atoms with Crippen LogP contribution in [0.4, 0.5) is 5.82 Å². The molecule has 0 aliphatic rings. The minimum Gasteiger partial charge on any atom is -0.367 e. The molecule has 0 amide bonds. The van der Waals surface area contributed by atoms with Crippen LogP contribution in [0.2, 0.25) is 0 Å². The van der Waals surface area contributed by atoms with Gasteiger partial charge in [-0.3, -0.25) is 0 Å². The van der Waals surface area contributed by atoms with Crippen LogP contribution in [0.25, 0.3) is 5.82 Å². The Labute approximate surface area is 151 Å². The Bertz CT molecular complexity index is 932. The lowest BCUT2D eigenvalue weighted by Gasteiger charge is -2.07. The Kier molecular flexibility index (Phi) is 5.28. The quantitative estimate of drug-likeness (QED) is 0.559. The molecule has 0 radical (unpaired) electrons. The van der Waals surface area contributed by atoms with Crippen molar-refractivity contribution in [2.24, 2.45) is 0 Å². The summed E-state index contributed by atoms with van der Waals surface area (Å²) >= 11 is 0. The van der Waals surface area contributed by atoms with Crippen molar-refractivity contribution >= 4 is 15.8 Å². The molecule has 0 bridgehead atoms. The molecular weight excluding hydrogens is 356 g/mol. The van der Waals surface area contributed by atoms with Gasteiger partial charge >= 0.3 is 0 Å². The number of imidazole rings is 1. The molecular formula is C15H20N8O2S. The molecule has 0 unspecified atom stereocenters. The summed E-state index contributed by atoms with van der Waals surface area (Å²) in [6.07, 6.45) is 6.45. The molecule has 0 aromatic carbocycles. The third kappa shape index (κ3) is 4.24. The van der Waals surface area contributed by atoms with Gasteiger partial charge in [-0.15, -0.1) is 10.2 Å². The minimum absolute atomic E-state index is 0.00886. The summed E-state index contributed by atoms with van der Waals surface area (Å²) in [6.45, 7) is 4.46. The molecule has 11 heteroatoms. The highest BCUT2D eigenvalue weighted by atomic mass is 32.2. The molecule has 2 N–H and O–H groups in total. The van der Waals surface area contributed by atoms with Gasteiger partial charge in [-0.2, -0.15) is 5.10 Å². The van der Waals surface area contributed by atoms with Gasteiger partial charge in [0.05, 0.1) is 6.33 Å². The van der Waals surface area contributed by atoms with E-state index in [-0.39, 0.29) is 17.6 Å². The van der Waals surface area contributed by atoms with E-state index in [1.165, 1.54) is 12.5 Å². The van der Waals surface area contributed by atoms with Gasteiger partial charge in [-0.05, 0) is 32.0 Å². The number of rotatable bonds is 8. The Morgan fingerprint density at radius 2 is 2.04 bits per heavy atom. The molecule has 0 atom stereocenters. The third-order valence-corrected chi connectivity index (χ3v) is 4.91. The maximum absolute atomic E-state index is 12.2. The van der Waals surface area contributed by atoms with Crippen molar-refractivity contribution in [1.29, 1.82) is 0 Å². The largest absolute Gasteiger partial charge is 0.367 e. The molecule has 0 fully saturated rings. The van der Waals surface area contributed by atoms with Crippen molar-refractivity contribution in [3.05, 3.63) is 43.1 Å². The van der Waals surface area contributed by atoms with Gasteiger partial charge in [-0.1, -0.05) is 0 Å². The van der Waals surface area contributed by atoms with Crippen LogP contribution in [0, 0.1) is 0 Å². The van der Waals surface area contributed by atoms with Crippen molar-refractivity contribution < 1.29 is 8.42 Å². The molecule has 0 spiro atoms. The van der Waals surface area contributed by atoms with Gasteiger partial charge in [0.15, 0.2) is 10.8 Å². The number of hydrogen-bond donors (Lipinski definition) is 2. The lowest BCUT2D eigenvalue weighted by atomic mass is 10.4. The predicted molar refractivity (Wildman–Crippen MR) is 95.4 cm³/mol. The SMILES string of the molecule is CC(C)n1cnc(S(=O)(=O)NCCNc2ccc(-n3cccn3)nn2)c1. The van der Waals surface area contributed by atoms with Crippen LogP contribution in [-0.4, -0.2) is 51.0 Å². The van der Waals surface area contributed by atoms with E-state index >= 15 is 0 Å². The second-order valence-corrected chi connectivity index (χ2v) is 7.52. The van der Waals surface area contributed by atoms with Crippen molar-refractivity contribution in [3.63, 3.8) is 0 Å². The van der Waals surface area contributed by atoms with Gasteiger partial charge in [0.25, 0.3) is 10.0 Å². The highest BCUT2D eigenvalue weighted by Crippen LogP contribution is 2.10. The van der Waals surface area contributed by atoms with Crippen LogP contribution in [0.15, 0.2) is 48.1 Å². The number of aromatic nitrogens is 6. The molecule has 3 aromatic heterocycles. The molecule has 26 heavy (non-hydrogen) atoms. The Balaban J connectivity index is 1.50. The van der Waals surface area contributed by atoms with E-state index in [4.69, 9.17) is 0 Å². The summed E-state index contributed by atoms with van der Waals surface area (Å²) in [6, 6.07) is 5.47. The van der Waals surface area contributed by atoms with Crippen LogP contribution in [0.3, 0.4) is 0 Å². The first-order valence-corrected chi connectivity index (χ1v) is 9.55. The smallest absolute Gasteiger partial charge is 0.259 e. The Hall–Kier alpha value is -2.79. The zero-order valence-electron chi connectivity index (χ0n) is 14.4. The molecule has 0 saturated carbocycles. The van der Waals surface area contributed by atoms with Crippen LogP contribution in [-0.2, 0) is 10.0 Å². The van der Waals surface area contributed by atoms with E-state index in [0.29, 0.717) is 18.2 Å². The summed E-state index contributed by atoms with van der Waals surface area (Å²) in [5.41, 5.74) is 0. The van der Waals surface area contributed by atoms with Gasteiger partial charge in [0.2, 0.25) is 0 Å². The normalized spacial score (nSPS) is 11.8. The van der Waals surface area contributed by atoms with Crippen LogP contribution >= 0.6 is 0 Å². The molecule has 3 rings (SSSR count). The van der Waals surface area contributed by atoms with Crippen LogP contribution < -0.4 is 10.0 Å².